The number of hydrogen-bond acceptors (Lipinski definition) is 6. The monoisotopic (exact) mass is 355 g/mol. The van der Waals surface area contributed by atoms with Crippen molar-refractivity contribution >= 4 is 33.3 Å². The van der Waals surface area contributed by atoms with Crippen molar-refractivity contribution in [3.8, 4) is 0 Å². The second kappa shape index (κ2) is 7.61. The molecule has 3 rings (SSSR count). The van der Waals surface area contributed by atoms with E-state index in [4.69, 9.17) is 4.74 Å². The molecule has 0 N–H and O–H groups in total. The Morgan fingerprint density at radius 1 is 1.20 bits per heavy atom. The highest BCUT2D eigenvalue weighted by Crippen LogP contribution is 2.35. The molecule has 0 aliphatic carbocycles. The lowest BCUT2D eigenvalue weighted by atomic mass is 10.1. The summed E-state index contributed by atoms with van der Waals surface area (Å²) >= 11 is 1.37. The second-order valence-corrected chi connectivity index (χ2v) is 6.65. The maximum absolute atomic E-state index is 12.2. The highest BCUT2D eigenvalue weighted by Gasteiger charge is 2.22. The van der Waals surface area contributed by atoms with Gasteiger partial charge in [0.2, 0.25) is 0 Å². The number of ether oxygens (including phenoxy) is 1. The van der Waals surface area contributed by atoms with Gasteiger partial charge >= 0.3 is 5.97 Å². The molecule has 6 heteroatoms. The van der Waals surface area contributed by atoms with Crippen molar-refractivity contribution in [3.05, 3.63) is 52.7 Å². The number of hydrogen-bond donors (Lipinski definition) is 0. The number of aromatic nitrogens is 2. The standard InChI is InChI=1S/C19H21N3O2S/c1-4-22(11-14-9-7-6-8-10-14)17-15-13(3)16(19(23)24-5-2)25-18(15)21-12-20-17/h6-10,12H,4-5,11H2,1-3H3. The van der Waals surface area contributed by atoms with Crippen molar-refractivity contribution in [3.63, 3.8) is 0 Å². The van der Waals surface area contributed by atoms with Crippen LogP contribution in [-0.2, 0) is 11.3 Å². The Balaban J connectivity index is 2.04. The van der Waals surface area contributed by atoms with Crippen LogP contribution in [0.3, 0.4) is 0 Å². The minimum Gasteiger partial charge on any atom is -0.462 e. The molecule has 0 bridgehead atoms. The number of rotatable bonds is 6. The smallest absolute Gasteiger partial charge is 0.348 e. The van der Waals surface area contributed by atoms with Crippen LogP contribution in [-0.4, -0.2) is 29.1 Å². The van der Waals surface area contributed by atoms with Crippen molar-refractivity contribution in [1.82, 2.24) is 9.97 Å². The molecule has 2 heterocycles. The van der Waals surface area contributed by atoms with Gasteiger partial charge < -0.3 is 9.64 Å². The molecule has 0 amide bonds. The zero-order valence-corrected chi connectivity index (χ0v) is 15.5. The minimum atomic E-state index is -0.292. The molecule has 0 fully saturated rings. The van der Waals surface area contributed by atoms with Gasteiger partial charge in [-0.3, -0.25) is 0 Å². The van der Waals surface area contributed by atoms with E-state index in [9.17, 15) is 4.79 Å². The number of esters is 1. The van der Waals surface area contributed by atoms with E-state index < -0.39 is 0 Å². The molecule has 0 saturated carbocycles. The van der Waals surface area contributed by atoms with E-state index in [-0.39, 0.29) is 5.97 Å². The molecular weight excluding hydrogens is 334 g/mol. The van der Waals surface area contributed by atoms with Crippen molar-refractivity contribution in [1.29, 1.82) is 0 Å². The number of benzene rings is 1. The van der Waals surface area contributed by atoms with Crippen LogP contribution in [0.25, 0.3) is 10.2 Å². The molecule has 0 unspecified atom stereocenters. The molecule has 0 aliphatic rings. The van der Waals surface area contributed by atoms with Crippen LogP contribution in [0.5, 0.6) is 0 Å². The number of carbonyl (C=O) groups excluding carboxylic acids is 1. The number of nitrogens with zero attached hydrogens (tertiary/aromatic N) is 3. The van der Waals surface area contributed by atoms with Gasteiger partial charge in [-0.25, -0.2) is 14.8 Å². The molecule has 0 spiro atoms. The largest absolute Gasteiger partial charge is 0.462 e. The summed E-state index contributed by atoms with van der Waals surface area (Å²) in [4.78, 5) is 24.7. The van der Waals surface area contributed by atoms with Gasteiger partial charge in [-0.2, -0.15) is 0 Å². The quantitative estimate of drug-likeness (QED) is 0.620. The Bertz CT molecular complexity index is 877. The maximum Gasteiger partial charge on any atom is 0.348 e. The lowest BCUT2D eigenvalue weighted by molar-refractivity contribution is 0.0531. The first-order valence-corrected chi connectivity index (χ1v) is 9.17. The molecule has 0 radical (unpaired) electrons. The summed E-state index contributed by atoms with van der Waals surface area (Å²) in [5.74, 6) is 0.570. The first-order valence-electron chi connectivity index (χ1n) is 8.35. The summed E-state index contributed by atoms with van der Waals surface area (Å²) in [6.45, 7) is 7.78. The van der Waals surface area contributed by atoms with Gasteiger partial charge in [-0.15, -0.1) is 11.3 Å². The van der Waals surface area contributed by atoms with Crippen LogP contribution in [0.1, 0.15) is 34.6 Å². The molecule has 130 valence electrons. The van der Waals surface area contributed by atoms with Crippen LogP contribution in [0.2, 0.25) is 0 Å². The first-order chi connectivity index (χ1) is 12.2. The fourth-order valence-corrected chi connectivity index (χ4v) is 3.86. The van der Waals surface area contributed by atoms with E-state index >= 15 is 0 Å². The molecule has 25 heavy (non-hydrogen) atoms. The first kappa shape index (κ1) is 17.4. The number of anilines is 1. The zero-order valence-electron chi connectivity index (χ0n) is 14.7. The van der Waals surface area contributed by atoms with Gasteiger partial charge in [0.05, 0.1) is 12.0 Å². The van der Waals surface area contributed by atoms with E-state index in [0.29, 0.717) is 11.5 Å². The second-order valence-electron chi connectivity index (χ2n) is 5.65. The molecule has 1 aromatic carbocycles. The number of aryl methyl sites for hydroxylation is 1. The predicted molar refractivity (Wildman–Crippen MR) is 101 cm³/mol. The average molecular weight is 355 g/mol. The Labute approximate surface area is 151 Å². The number of fused-ring (bicyclic) bond motifs is 1. The van der Waals surface area contributed by atoms with Gasteiger partial charge in [-0.1, -0.05) is 30.3 Å². The van der Waals surface area contributed by atoms with Crippen LogP contribution in [0.15, 0.2) is 36.7 Å². The van der Waals surface area contributed by atoms with Crippen molar-refractivity contribution < 1.29 is 9.53 Å². The summed E-state index contributed by atoms with van der Waals surface area (Å²) < 4.78 is 5.17. The summed E-state index contributed by atoms with van der Waals surface area (Å²) in [6, 6.07) is 10.3. The van der Waals surface area contributed by atoms with Crippen LogP contribution in [0.4, 0.5) is 5.82 Å². The Morgan fingerprint density at radius 3 is 2.64 bits per heavy atom. The van der Waals surface area contributed by atoms with Gasteiger partial charge in [-0.05, 0) is 31.9 Å². The molecule has 3 aromatic rings. The Morgan fingerprint density at radius 2 is 1.96 bits per heavy atom. The van der Waals surface area contributed by atoms with Gasteiger partial charge in [0.15, 0.2) is 0 Å². The molecular formula is C19H21N3O2S. The number of thiophene rings is 1. The molecule has 0 saturated heterocycles. The summed E-state index contributed by atoms with van der Waals surface area (Å²) in [6.07, 6.45) is 1.57. The summed E-state index contributed by atoms with van der Waals surface area (Å²) in [5, 5.41) is 0.938. The van der Waals surface area contributed by atoms with Gasteiger partial charge in [0, 0.05) is 13.1 Å². The SMILES string of the molecule is CCOC(=O)c1sc2ncnc(N(CC)Cc3ccccc3)c2c1C. The lowest BCUT2D eigenvalue weighted by Gasteiger charge is -2.23. The van der Waals surface area contributed by atoms with E-state index in [1.54, 1.807) is 6.33 Å². The fourth-order valence-electron chi connectivity index (χ4n) is 2.82. The summed E-state index contributed by atoms with van der Waals surface area (Å²) in [5.41, 5.74) is 2.11. The fraction of sp³-hybridized carbons (Fsp3) is 0.316. The molecule has 5 nitrogen and oxygen atoms in total. The molecule has 0 atom stereocenters. The third-order valence-corrected chi connectivity index (χ3v) is 5.25. The van der Waals surface area contributed by atoms with E-state index in [1.165, 1.54) is 16.9 Å². The van der Waals surface area contributed by atoms with E-state index in [1.807, 2.05) is 32.0 Å². The van der Waals surface area contributed by atoms with Gasteiger partial charge in [0.25, 0.3) is 0 Å². The topological polar surface area (TPSA) is 55.3 Å². The van der Waals surface area contributed by atoms with E-state index in [0.717, 1.165) is 34.7 Å². The average Bonchev–Trinajstić information content (AvgIpc) is 2.98. The molecule has 0 aliphatic heterocycles. The predicted octanol–water partition coefficient (Wildman–Crippen LogP) is 4.20. The van der Waals surface area contributed by atoms with Crippen LogP contribution >= 0.6 is 11.3 Å². The third kappa shape index (κ3) is 3.49. The molecule has 2 aromatic heterocycles. The van der Waals surface area contributed by atoms with Gasteiger partial charge in [0.1, 0.15) is 21.9 Å². The minimum absolute atomic E-state index is 0.292. The van der Waals surface area contributed by atoms with Crippen molar-refractivity contribution in [2.75, 3.05) is 18.1 Å². The highest BCUT2D eigenvalue weighted by molar-refractivity contribution is 7.20. The Kier molecular flexibility index (Phi) is 5.28. The highest BCUT2D eigenvalue weighted by atomic mass is 32.1. The van der Waals surface area contributed by atoms with Crippen molar-refractivity contribution in [2.45, 2.75) is 27.3 Å². The normalized spacial score (nSPS) is 10.8. The Hall–Kier alpha value is -2.47. The summed E-state index contributed by atoms with van der Waals surface area (Å²) in [7, 11) is 0. The van der Waals surface area contributed by atoms with E-state index in [2.05, 4.69) is 33.9 Å². The number of carbonyl (C=O) groups is 1. The lowest BCUT2D eigenvalue weighted by Crippen LogP contribution is -2.23. The van der Waals surface area contributed by atoms with Crippen molar-refractivity contribution in [2.24, 2.45) is 0 Å². The third-order valence-electron chi connectivity index (χ3n) is 4.07. The van der Waals surface area contributed by atoms with Crippen LogP contribution in [0, 0.1) is 6.92 Å². The maximum atomic E-state index is 12.2. The zero-order chi connectivity index (χ0) is 17.8. The van der Waals surface area contributed by atoms with Crippen LogP contribution < -0.4 is 4.90 Å².